The molecular weight excluding hydrogens is 499 g/mol. The summed E-state index contributed by atoms with van der Waals surface area (Å²) >= 11 is 0. The van der Waals surface area contributed by atoms with Crippen LogP contribution in [0.4, 0.5) is 18.9 Å². The van der Waals surface area contributed by atoms with Crippen LogP contribution in [-0.4, -0.2) is 52.6 Å². The molecule has 11 heteroatoms. The van der Waals surface area contributed by atoms with E-state index < -0.39 is 23.9 Å². The van der Waals surface area contributed by atoms with Gasteiger partial charge in [0.1, 0.15) is 23.4 Å². The van der Waals surface area contributed by atoms with Crippen LogP contribution >= 0.6 is 0 Å². The van der Waals surface area contributed by atoms with E-state index in [1.165, 1.54) is 18.1 Å². The number of nitriles is 1. The zero-order valence-electron chi connectivity index (χ0n) is 21.5. The van der Waals surface area contributed by atoms with Crippen molar-refractivity contribution in [1.82, 2.24) is 14.5 Å². The molecule has 0 spiro atoms. The van der Waals surface area contributed by atoms with E-state index in [0.717, 1.165) is 29.1 Å². The predicted molar refractivity (Wildman–Crippen MR) is 135 cm³/mol. The maximum atomic E-state index is 13.0. The lowest BCUT2D eigenvalue weighted by Crippen LogP contribution is -2.44. The first kappa shape index (κ1) is 27.0. The number of aromatic nitrogens is 2. The van der Waals surface area contributed by atoms with Gasteiger partial charge in [0.25, 0.3) is 5.91 Å². The molecule has 3 heterocycles. The number of aryl methyl sites for hydroxylation is 2. The molecule has 0 unspecified atom stereocenters. The Morgan fingerprint density at radius 3 is 2.55 bits per heavy atom. The number of carbonyl (C=O) groups excluding carboxylic acids is 2. The number of amides is 2. The maximum Gasteiger partial charge on any atom is 0.400 e. The molecule has 1 fully saturated rings. The average molecular weight is 528 g/mol. The highest BCUT2D eigenvalue weighted by Crippen LogP contribution is 2.38. The molecule has 4 rings (SSSR count). The third-order valence-electron chi connectivity index (χ3n) is 7.21. The normalized spacial score (nSPS) is 15.3. The largest absolute Gasteiger partial charge is 0.495 e. The van der Waals surface area contributed by atoms with Crippen molar-refractivity contribution >= 4 is 28.5 Å². The van der Waals surface area contributed by atoms with Gasteiger partial charge in [0.2, 0.25) is 5.91 Å². The Kier molecular flexibility index (Phi) is 7.35. The molecule has 0 aliphatic carbocycles. The summed E-state index contributed by atoms with van der Waals surface area (Å²) < 4.78 is 46.1. The SMILES string of the molecule is COc1ccc(C(=O)Nc2cnc3c(c(C4CCN(C(=O)[C@@H](C)C(F)(F)F)CC4)cn3C)c2C)cc1C#N. The number of anilines is 1. The molecule has 0 bridgehead atoms. The van der Waals surface area contributed by atoms with Crippen LogP contribution in [0.5, 0.6) is 5.75 Å². The van der Waals surface area contributed by atoms with Crippen molar-refractivity contribution in [3.8, 4) is 11.8 Å². The van der Waals surface area contributed by atoms with Crippen molar-refractivity contribution in [1.29, 1.82) is 5.26 Å². The first-order valence-electron chi connectivity index (χ1n) is 12.2. The quantitative estimate of drug-likeness (QED) is 0.508. The number of piperidine rings is 1. The number of nitrogens with one attached hydrogen (secondary N) is 1. The summed E-state index contributed by atoms with van der Waals surface area (Å²) in [6, 6.07) is 6.59. The Balaban J connectivity index is 1.57. The molecule has 200 valence electrons. The summed E-state index contributed by atoms with van der Waals surface area (Å²) in [6.07, 6.45) is 0.0188. The van der Waals surface area contributed by atoms with Crippen LogP contribution in [0.3, 0.4) is 0 Å². The van der Waals surface area contributed by atoms with Gasteiger partial charge >= 0.3 is 6.18 Å². The molecule has 1 N–H and O–H groups in total. The number of hydrogen-bond donors (Lipinski definition) is 1. The lowest BCUT2D eigenvalue weighted by molar-refractivity contribution is -0.186. The van der Waals surface area contributed by atoms with Crippen LogP contribution in [0.2, 0.25) is 0 Å². The minimum absolute atomic E-state index is 0.0233. The van der Waals surface area contributed by atoms with Crippen LogP contribution in [0.1, 0.15) is 52.7 Å². The molecule has 1 atom stereocenters. The first-order valence-corrected chi connectivity index (χ1v) is 12.2. The summed E-state index contributed by atoms with van der Waals surface area (Å²) in [4.78, 5) is 31.1. The van der Waals surface area contributed by atoms with Crippen LogP contribution in [0.15, 0.2) is 30.6 Å². The molecule has 2 amide bonds. The standard InChI is InChI=1S/C27H28F3N5O3/c1-15-21(33-25(36)18-5-6-22(38-4)19(11-18)12-31)13-32-24-23(15)20(14-34(24)3)17-7-9-35(10-8-17)26(37)16(2)27(28,29)30/h5-6,11,13-14,16-17H,7-10H2,1-4H3,(H,33,36)/t16-/m1/s1. The minimum atomic E-state index is -4.56. The number of carbonyl (C=O) groups is 2. The molecule has 0 radical (unpaired) electrons. The fraction of sp³-hybridized carbons (Fsp3) is 0.407. The van der Waals surface area contributed by atoms with E-state index in [4.69, 9.17) is 4.74 Å². The number of likely N-dealkylation sites (tertiary alicyclic amines) is 1. The second kappa shape index (κ2) is 10.4. The predicted octanol–water partition coefficient (Wildman–Crippen LogP) is 4.92. The van der Waals surface area contributed by atoms with Crippen molar-refractivity contribution in [2.45, 2.75) is 38.8 Å². The summed E-state index contributed by atoms with van der Waals surface area (Å²) in [5.41, 5.74) is 3.55. The number of methoxy groups -OCH3 is 1. The van der Waals surface area contributed by atoms with Crippen molar-refractivity contribution in [3.05, 3.63) is 52.8 Å². The zero-order valence-corrected chi connectivity index (χ0v) is 21.5. The smallest absolute Gasteiger partial charge is 0.400 e. The second-order valence-corrected chi connectivity index (χ2v) is 9.53. The molecule has 0 saturated carbocycles. The Labute approximate surface area is 218 Å². The molecule has 2 aromatic heterocycles. The number of fused-ring (bicyclic) bond motifs is 1. The Hall–Kier alpha value is -4.07. The highest BCUT2D eigenvalue weighted by molar-refractivity contribution is 6.06. The van der Waals surface area contributed by atoms with Crippen LogP contribution in [0, 0.1) is 24.2 Å². The number of ether oxygens (including phenoxy) is 1. The minimum Gasteiger partial charge on any atom is -0.495 e. The number of nitrogens with zero attached hydrogens (tertiary/aromatic N) is 4. The number of halogens is 3. The zero-order chi connectivity index (χ0) is 27.8. The molecular formula is C27H28F3N5O3. The molecule has 3 aromatic rings. The fourth-order valence-electron chi connectivity index (χ4n) is 4.93. The third kappa shape index (κ3) is 5.03. The Morgan fingerprint density at radius 1 is 1.26 bits per heavy atom. The number of benzene rings is 1. The highest BCUT2D eigenvalue weighted by Gasteiger charge is 2.43. The molecule has 38 heavy (non-hydrogen) atoms. The van der Waals surface area contributed by atoms with Gasteiger partial charge in [0.15, 0.2) is 0 Å². The van der Waals surface area contributed by atoms with E-state index in [0.29, 0.717) is 29.8 Å². The Morgan fingerprint density at radius 2 is 1.95 bits per heavy atom. The molecule has 1 aromatic carbocycles. The number of rotatable bonds is 5. The molecule has 8 nitrogen and oxygen atoms in total. The van der Waals surface area contributed by atoms with Crippen molar-refractivity contribution < 1.29 is 27.5 Å². The van der Waals surface area contributed by atoms with E-state index in [-0.39, 0.29) is 24.6 Å². The lowest BCUT2D eigenvalue weighted by Gasteiger charge is -2.34. The van der Waals surface area contributed by atoms with E-state index in [2.05, 4.69) is 10.3 Å². The fourth-order valence-corrected chi connectivity index (χ4v) is 4.93. The number of hydrogen-bond acceptors (Lipinski definition) is 5. The number of pyridine rings is 1. The van der Waals surface area contributed by atoms with Gasteiger partial charge in [-0.05, 0) is 61.9 Å². The highest BCUT2D eigenvalue weighted by atomic mass is 19.4. The second-order valence-electron chi connectivity index (χ2n) is 9.53. The third-order valence-corrected chi connectivity index (χ3v) is 7.21. The van der Waals surface area contributed by atoms with Gasteiger partial charge in [-0.25, -0.2) is 4.98 Å². The summed E-state index contributed by atoms with van der Waals surface area (Å²) in [6.45, 7) is 3.25. The monoisotopic (exact) mass is 527 g/mol. The van der Waals surface area contributed by atoms with Crippen LogP contribution < -0.4 is 10.1 Å². The molecule has 1 aliphatic heterocycles. The summed E-state index contributed by atoms with van der Waals surface area (Å²) in [5, 5.41) is 13.1. The maximum absolute atomic E-state index is 13.0. The van der Waals surface area contributed by atoms with E-state index >= 15 is 0 Å². The van der Waals surface area contributed by atoms with Gasteiger partial charge in [-0.2, -0.15) is 18.4 Å². The van der Waals surface area contributed by atoms with Crippen molar-refractivity contribution in [3.63, 3.8) is 0 Å². The van der Waals surface area contributed by atoms with Gasteiger partial charge in [-0.1, -0.05) is 0 Å². The average Bonchev–Trinajstić information content (AvgIpc) is 3.25. The van der Waals surface area contributed by atoms with Crippen LogP contribution in [-0.2, 0) is 11.8 Å². The van der Waals surface area contributed by atoms with Gasteiger partial charge in [-0.15, -0.1) is 0 Å². The summed E-state index contributed by atoms with van der Waals surface area (Å²) in [5.74, 6) is -2.93. The Bertz CT molecular complexity index is 1430. The molecule has 1 aliphatic rings. The van der Waals surface area contributed by atoms with E-state index in [1.54, 1.807) is 18.3 Å². The summed E-state index contributed by atoms with van der Waals surface area (Å²) in [7, 11) is 3.31. The topological polar surface area (TPSA) is 100 Å². The number of alkyl halides is 3. The van der Waals surface area contributed by atoms with E-state index in [1.807, 2.05) is 30.8 Å². The molecule has 1 saturated heterocycles. The van der Waals surface area contributed by atoms with Gasteiger partial charge in [0.05, 0.1) is 24.6 Å². The first-order chi connectivity index (χ1) is 18.0. The van der Waals surface area contributed by atoms with Crippen molar-refractivity contribution in [2.24, 2.45) is 13.0 Å². The van der Waals surface area contributed by atoms with E-state index in [9.17, 15) is 28.0 Å². The van der Waals surface area contributed by atoms with Gasteiger partial charge in [-0.3, -0.25) is 9.59 Å². The van der Waals surface area contributed by atoms with Gasteiger partial charge < -0.3 is 19.5 Å². The van der Waals surface area contributed by atoms with Crippen LogP contribution in [0.25, 0.3) is 11.0 Å². The lowest BCUT2D eigenvalue weighted by atomic mass is 9.88. The van der Waals surface area contributed by atoms with Crippen molar-refractivity contribution in [2.75, 3.05) is 25.5 Å². The van der Waals surface area contributed by atoms with Gasteiger partial charge in [0, 0.05) is 37.3 Å².